The second-order valence-corrected chi connectivity index (χ2v) is 8.40. The molecule has 0 aliphatic carbocycles. The first kappa shape index (κ1) is 19.7. The van der Waals surface area contributed by atoms with Crippen LogP contribution in [0, 0.1) is 6.92 Å². The number of aromatic nitrogens is 1. The number of aryl methyl sites for hydroxylation is 2. The second-order valence-electron chi connectivity index (χ2n) is 8.40. The van der Waals surface area contributed by atoms with Crippen molar-refractivity contribution in [1.82, 2.24) is 9.47 Å². The quantitative estimate of drug-likeness (QED) is 0.636. The number of benzene rings is 2. The fourth-order valence-electron chi connectivity index (χ4n) is 4.68. The van der Waals surface area contributed by atoms with E-state index in [1.165, 1.54) is 0 Å². The number of phenolic OH excluding ortho intramolecular Hbond substituents is 1. The largest absolute Gasteiger partial charge is 0.507 e. The number of ketones is 1. The maximum Gasteiger partial charge on any atom is 0.232 e. The SMILES string of the molecule is COc1ccc2c(c1)c(/C=C1\Oc3c(CN4CCCC4)c(O)cc(C)c3C1=O)cn2C. The zero-order valence-electron chi connectivity index (χ0n) is 18.1. The molecular formula is C25H26N2O4. The number of allylic oxidation sites excluding steroid dienone is 1. The lowest BCUT2D eigenvalue weighted by atomic mass is 9.99. The van der Waals surface area contributed by atoms with Gasteiger partial charge in [-0.3, -0.25) is 9.69 Å². The van der Waals surface area contributed by atoms with Gasteiger partial charge in [0.1, 0.15) is 17.2 Å². The van der Waals surface area contributed by atoms with Crippen molar-refractivity contribution in [3.8, 4) is 17.2 Å². The predicted octanol–water partition coefficient (Wildman–Crippen LogP) is 4.41. The monoisotopic (exact) mass is 418 g/mol. The highest BCUT2D eigenvalue weighted by Gasteiger charge is 2.34. The Kier molecular flexibility index (Phi) is 4.74. The van der Waals surface area contributed by atoms with Gasteiger partial charge in [-0.1, -0.05) is 0 Å². The van der Waals surface area contributed by atoms with E-state index in [0.717, 1.165) is 53.7 Å². The highest BCUT2D eigenvalue weighted by Crippen LogP contribution is 2.43. The van der Waals surface area contributed by atoms with Crippen molar-refractivity contribution in [1.29, 1.82) is 0 Å². The third-order valence-electron chi connectivity index (χ3n) is 6.32. The summed E-state index contributed by atoms with van der Waals surface area (Å²) in [6.07, 6.45) is 6.08. The molecule has 1 aromatic heterocycles. The lowest BCUT2D eigenvalue weighted by molar-refractivity contribution is 0.101. The average molecular weight is 418 g/mol. The lowest BCUT2D eigenvalue weighted by Crippen LogP contribution is -2.19. The van der Waals surface area contributed by atoms with Crippen LogP contribution in [-0.2, 0) is 13.6 Å². The second kappa shape index (κ2) is 7.46. The Morgan fingerprint density at radius 2 is 2.00 bits per heavy atom. The van der Waals surface area contributed by atoms with Crippen molar-refractivity contribution in [3.05, 3.63) is 58.5 Å². The first-order valence-electron chi connectivity index (χ1n) is 10.6. The molecule has 0 unspecified atom stereocenters. The number of likely N-dealkylation sites (tertiary alicyclic amines) is 1. The molecule has 0 spiro atoms. The molecule has 31 heavy (non-hydrogen) atoms. The minimum atomic E-state index is -0.143. The van der Waals surface area contributed by atoms with E-state index in [1.54, 1.807) is 19.3 Å². The van der Waals surface area contributed by atoms with Crippen LogP contribution in [0.2, 0.25) is 0 Å². The van der Waals surface area contributed by atoms with E-state index in [-0.39, 0.29) is 17.3 Å². The molecule has 0 bridgehead atoms. The van der Waals surface area contributed by atoms with E-state index in [0.29, 0.717) is 23.4 Å². The van der Waals surface area contributed by atoms with Crippen molar-refractivity contribution in [2.24, 2.45) is 7.05 Å². The molecule has 2 aliphatic rings. The van der Waals surface area contributed by atoms with E-state index < -0.39 is 0 Å². The normalized spacial score (nSPS) is 17.5. The zero-order valence-corrected chi connectivity index (χ0v) is 18.1. The summed E-state index contributed by atoms with van der Waals surface area (Å²) in [5, 5.41) is 11.6. The molecule has 1 saturated heterocycles. The summed E-state index contributed by atoms with van der Waals surface area (Å²) in [6.45, 7) is 4.42. The summed E-state index contributed by atoms with van der Waals surface area (Å²) in [5.74, 6) is 1.58. The fourth-order valence-corrected chi connectivity index (χ4v) is 4.68. The van der Waals surface area contributed by atoms with Crippen molar-refractivity contribution in [2.45, 2.75) is 26.3 Å². The Morgan fingerprint density at radius 3 is 2.74 bits per heavy atom. The van der Waals surface area contributed by atoms with Gasteiger partial charge in [-0.2, -0.15) is 0 Å². The molecule has 0 radical (unpaired) electrons. The van der Waals surface area contributed by atoms with Crippen LogP contribution in [0.3, 0.4) is 0 Å². The highest BCUT2D eigenvalue weighted by atomic mass is 16.5. The van der Waals surface area contributed by atoms with Crippen LogP contribution in [0.25, 0.3) is 17.0 Å². The van der Waals surface area contributed by atoms with Gasteiger partial charge in [0.15, 0.2) is 5.76 Å². The van der Waals surface area contributed by atoms with Crippen molar-refractivity contribution in [3.63, 3.8) is 0 Å². The first-order chi connectivity index (χ1) is 15.0. The van der Waals surface area contributed by atoms with E-state index in [2.05, 4.69) is 4.90 Å². The number of fused-ring (bicyclic) bond motifs is 2. The fraction of sp³-hybridized carbons (Fsp3) is 0.320. The highest BCUT2D eigenvalue weighted by molar-refractivity contribution is 6.16. The molecule has 2 aliphatic heterocycles. The lowest BCUT2D eigenvalue weighted by Gasteiger charge is -2.18. The van der Waals surface area contributed by atoms with Gasteiger partial charge in [-0.25, -0.2) is 0 Å². The Bertz CT molecular complexity index is 1230. The summed E-state index contributed by atoms with van der Waals surface area (Å²) in [4.78, 5) is 15.6. The van der Waals surface area contributed by atoms with Crippen LogP contribution in [0.5, 0.6) is 17.2 Å². The topological polar surface area (TPSA) is 63.9 Å². The summed E-state index contributed by atoms with van der Waals surface area (Å²) in [5.41, 5.74) is 3.90. The number of methoxy groups -OCH3 is 1. The maximum absolute atomic E-state index is 13.3. The van der Waals surface area contributed by atoms with Crippen LogP contribution in [-0.4, -0.2) is 40.6 Å². The number of Topliss-reactive ketones (excluding diaryl/α,β-unsaturated/α-hetero) is 1. The molecule has 6 heteroatoms. The van der Waals surface area contributed by atoms with Gasteiger partial charge in [0.2, 0.25) is 5.78 Å². The summed E-state index contributed by atoms with van der Waals surface area (Å²) in [7, 11) is 3.61. The van der Waals surface area contributed by atoms with Crippen molar-refractivity contribution in [2.75, 3.05) is 20.2 Å². The first-order valence-corrected chi connectivity index (χ1v) is 10.6. The van der Waals surface area contributed by atoms with Gasteiger partial charge in [0, 0.05) is 36.3 Å². The minimum absolute atomic E-state index is 0.143. The van der Waals surface area contributed by atoms with Crippen LogP contribution in [0.4, 0.5) is 0 Å². The summed E-state index contributed by atoms with van der Waals surface area (Å²) < 4.78 is 13.5. The third-order valence-corrected chi connectivity index (χ3v) is 6.32. The van der Waals surface area contributed by atoms with E-state index >= 15 is 0 Å². The summed E-state index contributed by atoms with van der Waals surface area (Å²) in [6, 6.07) is 7.56. The molecule has 0 amide bonds. The molecular weight excluding hydrogens is 392 g/mol. The standard InChI is InChI=1S/C25H26N2O4/c1-15-10-21(28)19(14-27-8-4-5-9-27)25-23(15)24(29)22(31-25)11-16-13-26(2)20-7-6-17(30-3)12-18(16)20/h6-7,10-13,28H,4-5,8-9,14H2,1-3H3/b22-11-. The molecule has 160 valence electrons. The maximum atomic E-state index is 13.3. The van der Waals surface area contributed by atoms with E-state index in [9.17, 15) is 9.90 Å². The number of hydrogen-bond acceptors (Lipinski definition) is 5. The molecule has 0 saturated carbocycles. The molecule has 1 N–H and O–H groups in total. The number of carbonyl (C=O) groups excluding carboxylic acids is 1. The van der Waals surface area contributed by atoms with Gasteiger partial charge in [0.25, 0.3) is 0 Å². The summed E-state index contributed by atoms with van der Waals surface area (Å²) >= 11 is 0. The molecule has 3 heterocycles. The molecule has 6 nitrogen and oxygen atoms in total. The number of carbonyl (C=O) groups is 1. The minimum Gasteiger partial charge on any atom is -0.507 e. The van der Waals surface area contributed by atoms with Crippen LogP contribution >= 0.6 is 0 Å². The number of aromatic hydroxyl groups is 1. The average Bonchev–Trinajstić information content (AvgIpc) is 3.45. The Labute approximate surface area is 181 Å². The zero-order chi connectivity index (χ0) is 21.7. The number of ether oxygens (including phenoxy) is 2. The van der Waals surface area contributed by atoms with Gasteiger partial charge in [-0.15, -0.1) is 0 Å². The molecule has 5 rings (SSSR count). The van der Waals surface area contributed by atoms with Crippen LogP contribution in [0.1, 0.15) is 39.9 Å². The van der Waals surface area contributed by atoms with Crippen molar-refractivity contribution >= 4 is 22.8 Å². The van der Waals surface area contributed by atoms with E-state index in [4.69, 9.17) is 9.47 Å². The molecule has 3 aromatic rings. The molecule has 1 fully saturated rings. The number of rotatable bonds is 4. The molecule has 2 aromatic carbocycles. The Hall–Kier alpha value is -3.25. The van der Waals surface area contributed by atoms with Gasteiger partial charge >= 0.3 is 0 Å². The van der Waals surface area contributed by atoms with Gasteiger partial charge in [-0.05, 0) is 68.8 Å². The Morgan fingerprint density at radius 1 is 1.23 bits per heavy atom. The van der Waals surface area contributed by atoms with Crippen LogP contribution in [0.15, 0.2) is 36.2 Å². The number of nitrogens with zero attached hydrogens (tertiary/aromatic N) is 2. The van der Waals surface area contributed by atoms with Gasteiger partial charge in [0.05, 0.1) is 18.2 Å². The smallest absolute Gasteiger partial charge is 0.232 e. The number of hydrogen-bond donors (Lipinski definition) is 1. The van der Waals surface area contributed by atoms with Gasteiger partial charge < -0.3 is 19.1 Å². The number of phenols is 1. The predicted molar refractivity (Wildman–Crippen MR) is 120 cm³/mol. The molecule has 0 atom stereocenters. The van der Waals surface area contributed by atoms with Crippen molar-refractivity contribution < 1.29 is 19.4 Å². The van der Waals surface area contributed by atoms with Crippen LogP contribution < -0.4 is 9.47 Å². The third kappa shape index (κ3) is 3.27. The van der Waals surface area contributed by atoms with E-state index in [1.807, 2.05) is 42.9 Å². The Balaban J connectivity index is 1.58.